The molecule has 18 heavy (non-hydrogen) atoms. The summed E-state index contributed by atoms with van der Waals surface area (Å²) in [5, 5.41) is 14.5. The number of carbonyl (C=O) groups is 2. The minimum atomic E-state index is -1.16. The van der Waals surface area contributed by atoms with Gasteiger partial charge in [-0.3, -0.25) is 0 Å². The second-order valence-electron chi connectivity index (χ2n) is 5.08. The van der Waals surface area contributed by atoms with E-state index < -0.39 is 23.6 Å². The van der Waals surface area contributed by atoms with Crippen molar-refractivity contribution in [2.45, 2.75) is 51.1 Å². The lowest BCUT2D eigenvalue weighted by atomic mass is 9.76. The Morgan fingerprint density at radius 2 is 2.22 bits per heavy atom. The first-order valence-electron chi connectivity index (χ1n) is 6.18. The molecule has 0 heterocycles. The van der Waals surface area contributed by atoms with E-state index in [4.69, 9.17) is 6.42 Å². The molecule has 1 saturated carbocycles. The molecule has 5 heteroatoms. The normalized spacial score (nSPS) is 28.8. The topological polar surface area (TPSA) is 78.4 Å². The van der Waals surface area contributed by atoms with Gasteiger partial charge in [0.05, 0.1) is 6.04 Å². The van der Waals surface area contributed by atoms with Gasteiger partial charge in [-0.25, -0.2) is 9.59 Å². The van der Waals surface area contributed by atoms with Crippen LogP contribution in [0.4, 0.5) is 4.79 Å². The molecular weight excluding hydrogens is 232 g/mol. The van der Waals surface area contributed by atoms with Gasteiger partial charge in [-0.05, 0) is 25.7 Å². The van der Waals surface area contributed by atoms with Gasteiger partial charge in [-0.2, -0.15) is 0 Å². The van der Waals surface area contributed by atoms with E-state index >= 15 is 0 Å². The van der Waals surface area contributed by atoms with Crippen LogP contribution in [-0.2, 0) is 4.79 Å². The fourth-order valence-corrected chi connectivity index (χ4v) is 2.40. The fourth-order valence-electron chi connectivity index (χ4n) is 2.40. The first-order chi connectivity index (χ1) is 8.39. The lowest BCUT2D eigenvalue weighted by Crippen LogP contribution is -2.59. The molecule has 0 radical (unpaired) electrons. The largest absolute Gasteiger partial charge is 0.480 e. The Morgan fingerprint density at radius 3 is 2.72 bits per heavy atom. The van der Waals surface area contributed by atoms with Crippen LogP contribution < -0.4 is 10.6 Å². The maximum absolute atomic E-state index is 11.7. The number of carbonyl (C=O) groups excluding carboxylic acids is 1. The van der Waals surface area contributed by atoms with Gasteiger partial charge in [0.2, 0.25) is 0 Å². The third-order valence-electron chi connectivity index (χ3n) is 3.36. The summed E-state index contributed by atoms with van der Waals surface area (Å²) in [4.78, 5) is 23.1. The number of aliphatic carboxylic acids is 1. The van der Waals surface area contributed by atoms with Crippen molar-refractivity contribution < 1.29 is 14.7 Å². The molecule has 0 aromatic heterocycles. The van der Waals surface area contributed by atoms with E-state index in [-0.39, 0.29) is 0 Å². The van der Waals surface area contributed by atoms with E-state index in [1.54, 1.807) is 6.92 Å². The molecule has 3 atom stereocenters. The summed E-state index contributed by atoms with van der Waals surface area (Å²) in [5.41, 5.74) is -1.16. The zero-order valence-electron chi connectivity index (χ0n) is 10.8. The van der Waals surface area contributed by atoms with Crippen LogP contribution in [-0.4, -0.2) is 28.7 Å². The molecule has 1 aliphatic carbocycles. The Bertz CT molecular complexity index is 375. The highest BCUT2D eigenvalue weighted by Crippen LogP contribution is 2.32. The highest BCUT2D eigenvalue weighted by atomic mass is 16.4. The molecule has 0 aromatic rings. The number of hydrogen-bond donors (Lipinski definition) is 3. The second kappa shape index (κ2) is 5.76. The molecule has 1 fully saturated rings. The van der Waals surface area contributed by atoms with Crippen LogP contribution in [0.15, 0.2) is 0 Å². The monoisotopic (exact) mass is 252 g/mol. The molecule has 2 amide bonds. The zero-order chi connectivity index (χ0) is 13.8. The van der Waals surface area contributed by atoms with Gasteiger partial charge < -0.3 is 15.7 Å². The zero-order valence-corrected chi connectivity index (χ0v) is 10.8. The second-order valence-corrected chi connectivity index (χ2v) is 5.08. The third kappa shape index (κ3) is 3.39. The van der Waals surface area contributed by atoms with Crippen molar-refractivity contribution in [1.29, 1.82) is 0 Å². The first kappa shape index (κ1) is 14.4. The lowest BCUT2D eigenvalue weighted by molar-refractivity contribution is -0.146. The van der Waals surface area contributed by atoms with Crippen LogP contribution >= 0.6 is 0 Å². The maximum atomic E-state index is 11.7. The molecule has 0 aromatic carbocycles. The van der Waals surface area contributed by atoms with Crippen molar-refractivity contribution in [3.8, 4) is 12.3 Å². The number of urea groups is 1. The summed E-state index contributed by atoms with van der Waals surface area (Å²) in [6.07, 6.45) is 7.88. The fraction of sp³-hybridized carbons (Fsp3) is 0.692. The molecule has 3 N–H and O–H groups in total. The number of terminal acetylenes is 1. The van der Waals surface area contributed by atoms with Crippen molar-refractivity contribution in [1.82, 2.24) is 10.6 Å². The van der Waals surface area contributed by atoms with Gasteiger partial charge in [0.1, 0.15) is 5.54 Å². The predicted molar refractivity (Wildman–Crippen MR) is 68.0 cm³/mol. The molecule has 1 aliphatic rings. The van der Waals surface area contributed by atoms with Crippen LogP contribution in [0.1, 0.15) is 39.5 Å². The Morgan fingerprint density at radius 1 is 1.56 bits per heavy atom. The SMILES string of the molecule is C#CC(C)NC(=O)NC1(C(=O)O)CCCC(C)C1. The van der Waals surface area contributed by atoms with E-state index in [0.29, 0.717) is 18.8 Å². The van der Waals surface area contributed by atoms with Crippen molar-refractivity contribution in [3.05, 3.63) is 0 Å². The standard InChI is InChI=1S/C13H20N2O3/c1-4-10(3)14-12(18)15-13(11(16)17)7-5-6-9(2)8-13/h1,9-10H,5-8H2,2-3H3,(H,16,17)(H2,14,15,18). The number of carboxylic acid groups (broad SMARTS) is 1. The molecule has 3 unspecified atom stereocenters. The van der Waals surface area contributed by atoms with E-state index in [1.165, 1.54) is 0 Å². The van der Waals surface area contributed by atoms with Crippen LogP contribution in [0.25, 0.3) is 0 Å². The number of nitrogens with one attached hydrogen (secondary N) is 2. The molecule has 1 rings (SSSR count). The average molecular weight is 252 g/mol. The van der Waals surface area contributed by atoms with Gasteiger partial charge in [-0.1, -0.05) is 25.7 Å². The minimum Gasteiger partial charge on any atom is -0.480 e. The van der Waals surface area contributed by atoms with Crippen molar-refractivity contribution in [3.63, 3.8) is 0 Å². The van der Waals surface area contributed by atoms with Gasteiger partial charge in [0, 0.05) is 0 Å². The Hall–Kier alpha value is -1.70. The number of amides is 2. The third-order valence-corrected chi connectivity index (χ3v) is 3.36. The Kier molecular flexibility index (Phi) is 4.60. The van der Waals surface area contributed by atoms with E-state index in [2.05, 4.69) is 16.6 Å². The average Bonchev–Trinajstić information content (AvgIpc) is 2.28. The molecule has 0 spiro atoms. The molecule has 0 bridgehead atoms. The summed E-state index contributed by atoms with van der Waals surface area (Å²) in [5.74, 6) is 1.68. The van der Waals surface area contributed by atoms with Crippen LogP contribution in [0.2, 0.25) is 0 Å². The Balaban J connectivity index is 2.72. The summed E-state index contributed by atoms with van der Waals surface area (Å²) >= 11 is 0. The minimum absolute atomic E-state index is 0.292. The highest BCUT2D eigenvalue weighted by molar-refractivity contribution is 5.86. The predicted octanol–water partition coefficient (Wildman–Crippen LogP) is 1.34. The molecular formula is C13H20N2O3. The van der Waals surface area contributed by atoms with Crippen LogP contribution in [0, 0.1) is 18.3 Å². The molecule has 100 valence electrons. The quantitative estimate of drug-likeness (QED) is 0.663. The number of hydrogen-bond acceptors (Lipinski definition) is 2. The van der Waals surface area contributed by atoms with Crippen molar-refractivity contribution in [2.24, 2.45) is 5.92 Å². The number of rotatable bonds is 3. The van der Waals surface area contributed by atoms with Crippen molar-refractivity contribution in [2.75, 3.05) is 0 Å². The van der Waals surface area contributed by atoms with Gasteiger partial charge in [0.15, 0.2) is 0 Å². The highest BCUT2D eigenvalue weighted by Gasteiger charge is 2.43. The maximum Gasteiger partial charge on any atom is 0.329 e. The summed E-state index contributed by atoms with van der Waals surface area (Å²) < 4.78 is 0. The van der Waals surface area contributed by atoms with Gasteiger partial charge >= 0.3 is 12.0 Å². The lowest BCUT2D eigenvalue weighted by Gasteiger charge is -2.37. The van der Waals surface area contributed by atoms with Gasteiger partial charge in [0.25, 0.3) is 0 Å². The van der Waals surface area contributed by atoms with E-state index in [9.17, 15) is 14.7 Å². The van der Waals surface area contributed by atoms with Crippen molar-refractivity contribution >= 4 is 12.0 Å². The molecule has 0 saturated heterocycles. The van der Waals surface area contributed by atoms with Crippen LogP contribution in [0.3, 0.4) is 0 Å². The summed E-state index contributed by atoms with van der Waals surface area (Å²) in [7, 11) is 0. The molecule has 5 nitrogen and oxygen atoms in total. The summed E-state index contributed by atoms with van der Waals surface area (Å²) in [6.45, 7) is 3.66. The number of carboxylic acids is 1. The van der Waals surface area contributed by atoms with E-state index in [1.807, 2.05) is 6.92 Å². The smallest absolute Gasteiger partial charge is 0.329 e. The van der Waals surface area contributed by atoms with Crippen LogP contribution in [0.5, 0.6) is 0 Å². The van der Waals surface area contributed by atoms with E-state index in [0.717, 1.165) is 12.8 Å². The Labute approximate surface area is 107 Å². The first-order valence-corrected chi connectivity index (χ1v) is 6.18. The van der Waals surface area contributed by atoms with Gasteiger partial charge in [-0.15, -0.1) is 6.42 Å². The summed E-state index contributed by atoms with van der Waals surface area (Å²) in [6, 6.07) is -0.936. The molecule has 0 aliphatic heterocycles.